The van der Waals surface area contributed by atoms with Gasteiger partial charge in [-0.2, -0.15) is 5.26 Å². The Morgan fingerprint density at radius 3 is 2.68 bits per heavy atom. The maximum atomic E-state index is 13.4. The standard InChI is InChI=1S/C14H9BrF2N2/c15-12-6-10(16)5-4-9(12)8-19-14-3-1-2-13(17)11(14)7-18/h1-6,19H,8H2. The van der Waals surface area contributed by atoms with Crippen molar-refractivity contribution < 1.29 is 8.78 Å². The van der Waals surface area contributed by atoms with E-state index in [-0.39, 0.29) is 11.4 Å². The SMILES string of the molecule is N#Cc1c(F)cccc1NCc1ccc(F)cc1Br. The minimum absolute atomic E-state index is 0.0271. The van der Waals surface area contributed by atoms with Crippen molar-refractivity contribution in [1.29, 1.82) is 5.26 Å². The summed E-state index contributed by atoms with van der Waals surface area (Å²) in [6.45, 7) is 0.360. The number of nitrogens with zero attached hydrogens (tertiary/aromatic N) is 1. The van der Waals surface area contributed by atoms with Crippen LogP contribution in [-0.2, 0) is 6.54 Å². The molecule has 2 rings (SSSR count). The van der Waals surface area contributed by atoms with Gasteiger partial charge < -0.3 is 5.32 Å². The lowest BCUT2D eigenvalue weighted by Gasteiger charge is -2.10. The van der Waals surface area contributed by atoms with Gasteiger partial charge in [-0.15, -0.1) is 0 Å². The fraction of sp³-hybridized carbons (Fsp3) is 0.0714. The third kappa shape index (κ3) is 3.09. The van der Waals surface area contributed by atoms with E-state index in [4.69, 9.17) is 5.26 Å². The number of hydrogen-bond acceptors (Lipinski definition) is 2. The molecule has 0 radical (unpaired) electrons. The summed E-state index contributed by atoms with van der Waals surface area (Å²) in [5, 5.41) is 11.9. The number of anilines is 1. The summed E-state index contributed by atoms with van der Waals surface area (Å²) >= 11 is 3.25. The van der Waals surface area contributed by atoms with Crippen molar-refractivity contribution >= 4 is 21.6 Å². The van der Waals surface area contributed by atoms with Crippen LogP contribution in [0.5, 0.6) is 0 Å². The maximum absolute atomic E-state index is 13.4. The zero-order valence-corrected chi connectivity index (χ0v) is 11.3. The van der Waals surface area contributed by atoms with Gasteiger partial charge in [0, 0.05) is 11.0 Å². The van der Waals surface area contributed by atoms with Crippen LogP contribution in [0.4, 0.5) is 14.5 Å². The van der Waals surface area contributed by atoms with E-state index < -0.39 is 5.82 Å². The first-order valence-electron chi connectivity index (χ1n) is 5.48. The minimum atomic E-state index is -0.564. The number of hydrogen-bond donors (Lipinski definition) is 1. The molecule has 1 N–H and O–H groups in total. The first-order chi connectivity index (χ1) is 9.11. The Hall–Kier alpha value is -1.93. The van der Waals surface area contributed by atoms with Gasteiger partial charge in [0.25, 0.3) is 0 Å². The molecule has 0 heterocycles. The number of rotatable bonds is 3. The molecule has 0 aromatic heterocycles. The number of benzene rings is 2. The zero-order valence-electron chi connectivity index (χ0n) is 9.75. The maximum Gasteiger partial charge on any atom is 0.143 e. The molecule has 5 heteroatoms. The lowest BCUT2D eigenvalue weighted by molar-refractivity contribution is 0.624. The molecular formula is C14H9BrF2N2. The second-order valence-electron chi connectivity index (χ2n) is 3.86. The van der Waals surface area contributed by atoms with Gasteiger partial charge >= 0.3 is 0 Å². The average molecular weight is 323 g/mol. The largest absolute Gasteiger partial charge is 0.380 e. The third-order valence-corrected chi connectivity index (χ3v) is 3.35. The lowest BCUT2D eigenvalue weighted by Crippen LogP contribution is -2.03. The topological polar surface area (TPSA) is 35.8 Å². The predicted molar refractivity (Wildman–Crippen MR) is 72.5 cm³/mol. The molecule has 2 aromatic rings. The van der Waals surface area contributed by atoms with Gasteiger partial charge in [0.1, 0.15) is 23.3 Å². The van der Waals surface area contributed by atoms with E-state index in [0.717, 1.165) is 5.56 Å². The molecule has 96 valence electrons. The Morgan fingerprint density at radius 2 is 2.00 bits per heavy atom. The quantitative estimate of drug-likeness (QED) is 0.918. The van der Waals surface area contributed by atoms with E-state index in [1.807, 2.05) is 6.07 Å². The molecule has 2 aromatic carbocycles. The number of nitriles is 1. The third-order valence-electron chi connectivity index (χ3n) is 2.61. The molecule has 0 aliphatic heterocycles. The summed E-state index contributed by atoms with van der Waals surface area (Å²) in [6, 6.07) is 10.5. The van der Waals surface area contributed by atoms with Crippen molar-refractivity contribution in [3.63, 3.8) is 0 Å². The lowest BCUT2D eigenvalue weighted by atomic mass is 10.1. The van der Waals surface area contributed by atoms with Crippen LogP contribution in [0.1, 0.15) is 11.1 Å². The van der Waals surface area contributed by atoms with Crippen LogP contribution in [0.15, 0.2) is 40.9 Å². The fourth-order valence-electron chi connectivity index (χ4n) is 1.64. The normalized spacial score (nSPS) is 10.0. The molecular weight excluding hydrogens is 314 g/mol. The molecule has 0 fully saturated rings. The van der Waals surface area contributed by atoms with E-state index >= 15 is 0 Å². The van der Waals surface area contributed by atoms with E-state index in [1.165, 1.54) is 24.3 Å². The highest BCUT2D eigenvalue weighted by atomic mass is 79.9. The average Bonchev–Trinajstić information content (AvgIpc) is 2.38. The van der Waals surface area contributed by atoms with Crippen LogP contribution in [-0.4, -0.2) is 0 Å². The van der Waals surface area contributed by atoms with Crippen molar-refractivity contribution in [1.82, 2.24) is 0 Å². The molecule has 0 saturated carbocycles. The summed E-state index contributed by atoms with van der Waals surface area (Å²) in [5.41, 5.74) is 1.20. The summed E-state index contributed by atoms with van der Waals surface area (Å²) in [5.74, 6) is -0.898. The molecule has 19 heavy (non-hydrogen) atoms. The van der Waals surface area contributed by atoms with Crippen molar-refractivity contribution in [3.05, 3.63) is 63.6 Å². The molecule has 0 atom stereocenters. The Labute approximate surface area is 117 Å². The van der Waals surface area contributed by atoms with Gasteiger partial charge in [0.05, 0.1) is 5.69 Å². The van der Waals surface area contributed by atoms with Gasteiger partial charge in [-0.1, -0.05) is 28.1 Å². The summed E-state index contributed by atoms with van der Waals surface area (Å²) in [7, 11) is 0. The second-order valence-corrected chi connectivity index (χ2v) is 4.72. The first kappa shape index (κ1) is 13.5. The summed E-state index contributed by atoms with van der Waals surface area (Å²) in [6.07, 6.45) is 0. The first-order valence-corrected chi connectivity index (χ1v) is 6.27. The van der Waals surface area contributed by atoms with Crippen molar-refractivity contribution in [2.24, 2.45) is 0 Å². The van der Waals surface area contributed by atoms with Gasteiger partial charge in [-0.05, 0) is 29.8 Å². The highest BCUT2D eigenvalue weighted by molar-refractivity contribution is 9.10. The molecule has 0 aliphatic carbocycles. The molecule has 0 bridgehead atoms. The Morgan fingerprint density at radius 1 is 1.21 bits per heavy atom. The highest BCUT2D eigenvalue weighted by Gasteiger charge is 2.08. The number of halogens is 3. The fourth-order valence-corrected chi connectivity index (χ4v) is 2.13. The van der Waals surface area contributed by atoms with E-state index in [0.29, 0.717) is 16.7 Å². The molecule has 0 amide bonds. The smallest absolute Gasteiger partial charge is 0.143 e. The van der Waals surface area contributed by atoms with Crippen LogP contribution in [0.3, 0.4) is 0 Å². The predicted octanol–water partition coefficient (Wildman–Crippen LogP) is 4.21. The Bertz CT molecular complexity index is 650. The minimum Gasteiger partial charge on any atom is -0.380 e. The van der Waals surface area contributed by atoms with E-state index in [9.17, 15) is 8.78 Å². The van der Waals surface area contributed by atoms with Crippen LogP contribution in [0.2, 0.25) is 0 Å². The highest BCUT2D eigenvalue weighted by Crippen LogP contribution is 2.22. The second kappa shape index (κ2) is 5.81. The van der Waals surface area contributed by atoms with Gasteiger partial charge in [-0.25, -0.2) is 8.78 Å². The van der Waals surface area contributed by atoms with Crippen molar-refractivity contribution in [3.8, 4) is 6.07 Å². The molecule has 2 nitrogen and oxygen atoms in total. The van der Waals surface area contributed by atoms with Crippen molar-refractivity contribution in [2.75, 3.05) is 5.32 Å². The summed E-state index contributed by atoms with van der Waals surface area (Å²) in [4.78, 5) is 0. The van der Waals surface area contributed by atoms with Crippen molar-refractivity contribution in [2.45, 2.75) is 6.54 Å². The van der Waals surface area contributed by atoms with E-state index in [2.05, 4.69) is 21.2 Å². The van der Waals surface area contributed by atoms with Crippen LogP contribution in [0, 0.1) is 23.0 Å². The molecule has 0 unspecified atom stereocenters. The zero-order chi connectivity index (χ0) is 13.8. The van der Waals surface area contributed by atoms with Gasteiger partial charge in [-0.3, -0.25) is 0 Å². The summed E-state index contributed by atoms with van der Waals surface area (Å²) < 4.78 is 26.9. The Balaban J connectivity index is 2.20. The molecule has 0 spiro atoms. The Kier molecular flexibility index (Phi) is 4.13. The molecule has 0 saturated heterocycles. The van der Waals surface area contributed by atoms with E-state index in [1.54, 1.807) is 12.1 Å². The van der Waals surface area contributed by atoms with Gasteiger partial charge in [0.15, 0.2) is 0 Å². The van der Waals surface area contributed by atoms with Crippen LogP contribution < -0.4 is 5.32 Å². The molecule has 0 aliphatic rings. The van der Waals surface area contributed by atoms with Gasteiger partial charge in [0.2, 0.25) is 0 Å². The van der Waals surface area contributed by atoms with Crippen LogP contribution in [0.25, 0.3) is 0 Å². The number of nitrogens with one attached hydrogen (secondary N) is 1. The van der Waals surface area contributed by atoms with Crippen LogP contribution >= 0.6 is 15.9 Å². The monoisotopic (exact) mass is 322 g/mol.